The number of phenols is 6. The molecule has 0 spiro atoms. The van der Waals surface area contributed by atoms with Crippen molar-refractivity contribution in [3.8, 4) is 34.5 Å². The molecule has 2 aliphatic heterocycles. The minimum absolute atomic E-state index is 0.0362. The zero-order chi connectivity index (χ0) is 82.1. The number of rotatable bonds is 6. The van der Waals surface area contributed by atoms with Gasteiger partial charge in [-0.1, -0.05) is 280 Å². The van der Waals surface area contributed by atoms with Crippen LogP contribution in [0.5, 0.6) is 34.5 Å². The summed E-state index contributed by atoms with van der Waals surface area (Å²) in [6, 6.07) is 37.8. The third-order valence-corrected chi connectivity index (χ3v) is 24.4. The Hall–Kier alpha value is -8.94. The van der Waals surface area contributed by atoms with E-state index in [4.69, 9.17) is 9.47 Å². The largest absolute Gasteiger partial charge is 0.507 e. The number of amides is 2. The number of ether oxygens (including phenoxy) is 2. The molecule has 2 heterocycles. The van der Waals surface area contributed by atoms with Gasteiger partial charge in [0.25, 0.3) is 0 Å². The quantitative estimate of drug-likeness (QED) is 0.0570. The molecule has 0 saturated heterocycles. The van der Waals surface area contributed by atoms with E-state index in [1.54, 1.807) is 0 Å². The SMILES string of the molecule is COC(=O)[C@@H]1CSSC[C@@H](C(=O)OC)NC(=O)[C@H](Cc2ccccc2)N2Cc3cc(C(C)(C)C)cc(c3O)Cc3cc(C(C)(C)C)cc(c3O)Cc3cc(C(C)(C)C)cc(c3O)CN(Cc3cc(C(C)(C)C)cc(c3O)Cc3cc(C(C)(C)C)cc(c3O)Cc3cc(C(C)(C)C)cc(c3O)C2)[C@@H](Cc2ccccc2)C(=O)N1. The fourth-order valence-corrected chi connectivity index (χ4v) is 17.1. The van der Waals surface area contributed by atoms with Gasteiger partial charge in [-0.3, -0.25) is 19.4 Å². The maximum absolute atomic E-state index is 16.2. The van der Waals surface area contributed by atoms with Crippen molar-refractivity contribution >= 4 is 45.3 Å². The molecule has 8 aromatic rings. The molecule has 112 heavy (non-hydrogen) atoms. The van der Waals surface area contributed by atoms with Gasteiger partial charge in [0, 0.05) is 85.6 Å². The third kappa shape index (κ3) is 20.5. The molecule has 0 fully saturated rings. The summed E-state index contributed by atoms with van der Waals surface area (Å²) in [5.74, 6) is -3.17. The Kier molecular flexibility index (Phi) is 26.0. The number of hydrogen-bond acceptors (Lipinski definition) is 16. The van der Waals surface area contributed by atoms with Gasteiger partial charge in [-0.2, -0.15) is 0 Å². The fraction of sp³-hybridized carbons (Fsp3) is 0.447. The zero-order valence-electron chi connectivity index (χ0n) is 69.3. The van der Waals surface area contributed by atoms with E-state index in [2.05, 4.69) is 135 Å². The highest BCUT2D eigenvalue weighted by Crippen LogP contribution is 2.45. The summed E-state index contributed by atoms with van der Waals surface area (Å²) in [6.07, 6.45) is 0.309. The summed E-state index contributed by atoms with van der Waals surface area (Å²) in [5, 5.41) is 86.1. The molecular weight excluding hydrogens is 1440 g/mol. The molecule has 14 bridgehead atoms. The molecule has 8 aromatic carbocycles. The lowest BCUT2D eigenvalue weighted by Crippen LogP contribution is -2.53. The number of aromatic hydroxyl groups is 6. The molecule has 0 aromatic heterocycles. The van der Waals surface area contributed by atoms with Crippen LogP contribution in [0.4, 0.5) is 0 Å². The first kappa shape index (κ1) is 85.5. The third-order valence-electron chi connectivity index (χ3n) is 22.0. The van der Waals surface area contributed by atoms with E-state index in [0.717, 1.165) is 44.5 Å². The topological polar surface area (TPSA) is 239 Å². The summed E-state index contributed by atoms with van der Waals surface area (Å²) < 4.78 is 10.9. The second-order valence-electron chi connectivity index (χ2n) is 37.0. The van der Waals surface area contributed by atoms with Crippen LogP contribution in [-0.2, 0) is 126 Å². The van der Waals surface area contributed by atoms with Crippen LogP contribution in [0, 0.1) is 0 Å². The second kappa shape index (κ2) is 34.0. The molecule has 2 aliphatic rings. The van der Waals surface area contributed by atoms with Gasteiger partial charge >= 0.3 is 11.9 Å². The standard InChI is InChI=1S/C94H118N4O12S2/c1-89(2,3)69-37-57-33-61-41-71(91(7,8)9)45-65(81(61)101)49-97-51-67-47-73(93(13,14)15)43-63(83(67)103)35-59-39-70(90(4,5)6)40-60(80(59)100)36-64-44-74(94(16,17)18)48-68(84(64)104)52-98(50-66-46-72(92(10,11)12)42-62(82(66)102)34-58(38-69)79(57)99)78(32-56-29-25-22-26-30-56)86(106)96-76(88(108)110-20)54-112-111-53-75(87(107)109-19)95-85(105)77(97)31-55-27-23-21-24-28-55/h21-30,37-48,75-78,99-104H,31-36,49-54H2,1-20H3,(H,95,105)(H,96,106)/t75-,76-,77-,78-/m0/s1. The summed E-state index contributed by atoms with van der Waals surface area (Å²) in [5.41, 5.74) is 9.45. The van der Waals surface area contributed by atoms with Crippen molar-refractivity contribution in [3.05, 3.63) is 245 Å². The van der Waals surface area contributed by atoms with Crippen LogP contribution in [0.1, 0.15) is 236 Å². The number of nitrogens with one attached hydrogen (secondary N) is 2. The number of carbonyl (C=O) groups is 4. The number of nitrogens with zero attached hydrogens (tertiary/aromatic N) is 2. The Morgan fingerprint density at radius 1 is 0.348 bits per heavy atom. The first-order chi connectivity index (χ1) is 52.3. The minimum Gasteiger partial charge on any atom is -0.507 e. The van der Waals surface area contributed by atoms with Gasteiger partial charge in [-0.05, 0) is 134 Å². The Bertz CT molecular complexity index is 4290. The van der Waals surface area contributed by atoms with Gasteiger partial charge in [0.1, 0.15) is 46.6 Å². The highest BCUT2D eigenvalue weighted by Gasteiger charge is 2.38. The Morgan fingerprint density at radius 2 is 0.545 bits per heavy atom. The van der Waals surface area contributed by atoms with Gasteiger partial charge in [-0.25, -0.2) is 9.59 Å². The van der Waals surface area contributed by atoms with Crippen molar-refractivity contribution in [1.82, 2.24) is 20.4 Å². The first-order valence-corrected chi connectivity index (χ1v) is 41.5. The van der Waals surface area contributed by atoms with Crippen molar-refractivity contribution < 1.29 is 59.3 Å². The van der Waals surface area contributed by atoms with E-state index in [-0.39, 0.29) is 111 Å². The van der Waals surface area contributed by atoms with Crippen molar-refractivity contribution in [2.24, 2.45) is 0 Å². The van der Waals surface area contributed by atoms with Crippen LogP contribution in [0.3, 0.4) is 0 Å². The van der Waals surface area contributed by atoms with Crippen LogP contribution < -0.4 is 10.6 Å². The Morgan fingerprint density at radius 3 is 0.741 bits per heavy atom. The Balaban J connectivity index is 1.36. The van der Waals surface area contributed by atoms with Crippen molar-refractivity contribution in [2.45, 2.75) is 246 Å². The van der Waals surface area contributed by atoms with Crippen molar-refractivity contribution in [2.75, 3.05) is 25.7 Å². The molecule has 18 heteroatoms. The number of esters is 2. The lowest BCUT2D eigenvalue weighted by atomic mass is 9.80. The van der Waals surface area contributed by atoms with E-state index >= 15 is 9.59 Å². The summed E-state index contributed by atoms with van der Waals surface area (Å²) >= 11 is 0. The molecule has 0 radical (unpaired) electrons. The highest BCUT2D eigenvalue weighted by molar-refractivity contribution is 8.76. The molecule has 4 atom stereocenters. The Labute approximate surface area is 672 Å². The minimum atomic E-state index is -1.28. The summed E-state index contributed by atoms with van der Waals surface area (Å²) in [4.78, 5) is 65.0. The molecule has 8 N–H and O–H groups in total. The highest BCUT2D eigenvalue weighted by atomic mass is 33.1. The van der Waals surface area contributed by atoms with Crippen LogP contribution >= 0.6 is 21.6 Å². The van der Waals surface area contributed by atoms with Gasteiger partial charge in [0.15, 0.2) is 0 Å². The van der Waals surface area contributed by atoms with Gasteiger partial charge in [0.05, 0.1) is 26.3 Å². The first-order valence-electron chi connectivity index (χ1n) is 39.0. The molecule has 10 rings (SSSR count). The number of benzene rings is 8. The smallest absolute Gasteiger partial charge is 0.329 e. The predicted molar refractivity (Wildman–Crippen MR) is 451 cm³/mol. The van der Waals surface area contributed by atoms with Crippen LogP contribution in [0.15, 0.2) is 133 Å². The normalized spacial score (nSPS) is 19.0. The van der Waals surface area contributed by atoms with E-state index in [1.165, 1.54) is 35.8 Å². The molecule has 598 valence electrons. The van der Waals surface area contributed by atoms with Gasteiger partial charge in [0.2, 0.25) is 11.8 Å². The van der Waals surface area contributed by atoms with Gasteiger partial charge in [-0.15, -0.1) is 0 Å². The monoisotopic (exact) mass is 1560 g/mol. The molecule has 2 amide bonds. The summed E-state index contributed by atoms with van der Waals surface area (Å²) in [6.45, 7) is 37.2. The average molecular weight is 1560 g/mol. The fourth-order valence-electron chi connectivity index (χ4n) is 14.8. The maximum atomic E-state index is 16.2. The number of fused-ring (bicyclic) bond motifs is 25. The molecule has 0 aliphatic carbocycles. The lowest BCUT2D eigenvalue weighted by Gasteiger charge is -2.34. The van der Waals surface area contributed by atoms with Crippen molar-refractivity contribution in [3.63, 3.8) is 0 Å². The van der Waals surface area contributed by atoms with Gasteiger partial charge < -0.3 is 50.7 Å². The summed E-state index contributed by atoms with van der Waals surface area (Å²) in [7, 11) is 4.86. The van der Waals surface area contributed by atoms with Crippen LogP contribution in [0.2, 0.25) is 0 Å². The molecule has 16 nitrogen and oxygen atoms in total. The number of carbonyl (C=O) groups excluding carboxylic acids is 4. The average Bonchev–Trinajstić information content (AvgIpc) is 0.783. The van der Waals surface area contributed by atoms with E-state index in [9.17, 15) is 40.2 Å². The second-order valence-corrected chi connectivity index (χ2v) is 39.6. The zero-order valence-corrected chi connectivity index (χ0v) is 71.0. The predicted octanol–water partition coefficient (Wildman–Crippen LogP) is 17.3. The van der Waals surface area contributed by atoms with Crippen LogP contribution in [-0.4, -0.2) is 114 Å². The van der Waals surface area contributed by atoms with E-state index in [0.29, 0.717) is 66.8 Å². The maximum Gasteiger partial charge on any atom is 0.329 e. The van der Waals surface area contributed by atoms with Crippen molar-refractivity contribution in [1.29, 1.82) is 0 Å². The molecule has 0 unspecified atom stereocenters. The number of hydrogen-bond donors (Lipinski definition) is 8. The molecule has 0 saturated carbocycles. The van der Waals surface area contributed by atoms with E-state index < -0.39 is 80.4 Å². The number of phenolic OH excluding ortho intramolecular Hbond substituents is 6. The molecular formula is C94H118N4O12S2. The van der Waals surface area contributed by atoms with Crippen LogP contribution in [0.25, 0.3) is 0 Å². The van der Waals surface area contributed by atoms with E-state index in [1.807, 2.05) is 143 Å². The number of methoxy groups -OCH3 is 2. The lowest BCUT2D eigenvalue weighted by molar-refractivity contribution is -0.145.